The highest BCUT2D eigenvalue weighted by Crippen LogP contribution is 2.23. The van der Waals surface area contributed by atoms with Gasteiger partial charge in [0.1, 0.15) is 12.1 Å². The average Bonchev–Trinajstić information content (AvgIpc) is 2.88. The molecular weight excluding hydrogens is 248 g/mol. The summed E-state index contributed by atoms with van der Waals surface area (Å²) in [5.41, 5.74) is 4.96. The topological polar surface area (TPSA) is 42.7 Å². The summed E-state index contributed by atoms with van der Waals surface area (Å²) in [6.07, 6.45) is 6.69. The van der Waals surface area contributed by atoms with Crippen LogP contribution in [0.5, 0.6) is 0 Å². The van der Waals surface area contributed by atoms with Gasteiger partial charge in [0.05, 0.1) is 5.69 Å². The summed E-state index contributed by atoms with van der Waals surface area (Å²) in [4.78, 5) is 9.25. The largest absolute Gasteiger partial charge is 0.313 e. The minimum Gasteiger partial charge on any atom is -0.313 e. The summed E-state index contributed by atoms with van der Waals surface area (Å²) in [5.74, 6) is 1.01. The predicted octanol–water partition coefficient (Wildman–Crippen LogP) is 2.56. The van der Waals surface area contributed by atoms with E-state index < -0.39 is 0 Å². The molecule has 4 heteroatoms. The molecule has 2 aromatic heterocycles. The Hall–Kier alpha value is -1.68. The van der Waals surface area contributed by atoms with Gasteiger partial charge in [-0.1, -0.05) is 6.92 Å². The van der Waals surface area contributed by atoms with Crippen molar-refractivity contribution in [3.63, 3.8) is 0 Å². The smallest absolute Gasteiger partial charge is 0.138 e. The molecule has 0 unspecified atom stereocenters. The van der Waals surface area contributed by atoms with Crippen LogP contribution in [0.25, 0.3) is 5.82 Å². The number of imidazole rings is 1. The zero-order valence-corrected chi connectivity index (χ0v) is 12.3. The lowest BCUT2D eigenvalue weighted by atomic mass is 10.0. The summed E-state index contributed by atoms with van der Waals surface area (Å²) in [6.45, 7) is 6.06. The molecule has 4 nitrogen and oxygen atoms in total. The molecule has 106 valence electrons. The molecule has 0 saturated heterocycles. The fourth-order valence-electron chi connectivity index (χ4n) is 2.88. The zero-order chi connectivity index (χ0) is 13.9. The van der Waals surface area contributed by atoms with Crippen molar-refractivity contribution in [3.8, 4) is 5.82 Å². The van der Waals surface area contributed by atoms with Crippen molar-refractivity contribution in [2.45, 2.75) is 46.1 Å². The molecule has 0 spiro atoms. The molecule has 1 N–H and O–H groups in total. The molecule has 0 radical (unpaired) electrons. The molecule has 0 aromatic carbocycles. The molecule has 20 heavy (non-hydrogen) atoms. The fraction of sp³-hybridized carbons (Fsp3) is 0.500. The molecule has 0 aliphatic heterocycles. The van der Waals surface area contributed by atoms with Crippen LogP contribution in [-0.4, -0.2) is 21.1 Å². The van der Waals surface area contributed by atoms with Crippen molar-refractivity contribution >= 4 is 0 Å². The standard InChI is InChI=1S/C16H22N4/c1-3-17-10-13-8-12(2)19-16(9-13)20-11-18-14-6-4-5-7-15(14)20/h8-9,11,17H,3-7,10H2,1-2H3. The van der Waals surface area contributed by atoms with Gasteiger partial charge in [-0.15, -0.1) is 0 Å². The predicted molar refractivity (Wildman–Crippen MR) is 80.1 cm³/mol. The number of rotatable bonds is 4. The van der Waals surface area contributed by atoms with Gasteiger partial charge in [-0.05, 0) is 56.8 Å². The average molecular weight is 270 g/mol. The first-order valence-electron chi connectivity index (χ1n) is 7.51. The second-order valence-electron chi connectivity index (χ2n) is 5.47. The Morgan fingerprint density at radius 3 is 2.95 bits per heavy atom. The number of hydrogen-bond donors (Lipinski definition) is 1. The quantitative estimate of drug-likeness (QED) is 0.928. The van der Waals surface area contributed by atoms with Crippen LogP contribution in [0.1, 0.15) is 42.4 Å². The number of pyridine rings is 1. The third-order valence-electron chi connectivity index (χ3n) is 3.86. The van der Waals surface area contributed by atoms with Crippen LogP contribution in [0, 0.1) is 6.92 Å². The van der Waals surface area contributed by atoms with Crippen LogP contribution in [0.2, 0.25) is 0 Å². The Bertz CT molecular complexity index is 601. The van der Waals surface area contributed by atoms with Crippen molar-refractivity contribution in [2.24, 2.45) is 0 Å². The van der Waals surface area contributed by atoms with E-state index in [2.05, 4.69) is 45.8 Å². The first kappa shape index (κ1) is 13.3. The Balaban J connectivity index is 1.97. The molecule has 2 aromatic rings. The van der Waals surface area contributed by atoms with Crippen LogP contribution in [0.15, 0.2) is 18.5 Å². The molecule has 2 heterocycles. The Morgan fingerprint density at radius 2 is 2.10 bits per heavy atom. The lowest BCUT2D eigenvalue weighted by Gasteiger charge is -2.14. The third-order valence-corrected chi connectivity index (χ3v) is 3.86. The van der Waals surface area contributed by atoms with Crippen LogP contribution in [0.3, 0.4) is 0 Å². The lowest BCUT2D eigenvalue weighted by Crippen LogP contribution is -2.13. The van der Waals surface area contributed by atoms with Crippen LogP contribution >= 0.6 is 0 Å². The second-order valence-corrected chi connectivity index (χ2v) is 5.47. The van der Waals surface area contributed by atoms with Gasteiger partial charge in [-0.2, -0.15) is 0 Å². The van der Waals surface area contributed by atoms with E-state index in [-0.39, 0.29) is 0 Å². The second kappa shape index (κ2) is 5.75. The maximum atomic E-state index is 4.69. The van der Waals surface area contributed by atoms with Crippen LogP contribution in [-0.2, 0) is 19.4 Å². The zero-order valence-electron chi connectivity index (χ0n) is 12.3. The van der Waals surface area contributed by atoms with Crippen molar-refractivity contribution in [1.82, 2.24) is 19.9 Å². The number of aromatic nitrogens is 3. The maximum absolute atomic E-state index is 4.69. The van der Waals surface area contributed by atoms with Gasteiger partial charge in [0.25, 0.3) is 0 Å². The number of aryl methyl sites for hydroxylation is 2. The number of fused-ring (bicyclic) bond motifs is 1. The van der Waals surface area contributed by atoms with Gasteiger partial charge in [0.2, 0.25) is 0 Å². The molecule has 0 bridgehead atoms. The summed E-state index contributed by atoms with van der Waals surface area (Å²) >= 11 is 0. The van der Waals surface area contributed by atoms with E-state index in [1.807, 2.05) is 6.33 Å². The Labute approximate surface area is 120 Å². The molecule has 0 amide bonds. The highest BCUT2D eigenvalue weighted by Gasteiger charge is 2.16. The van der Waals surface area contributed by atoms with E-state index in [1.165, 1.54) is 29.8 Å². The Kier molecular flexibility index (Phi) is 3.83. The summed E-state index contributed by atoms with van der Waals surface area (Å²) in [7, 11) is 0. The van der Waals surface area contributed by atoms with E-state index in [1.54, 1.807) is 0 Å². The number of hydrogen-bond acceptors (Lipinski definition) is 3. The summed E-state index contributed by atoms with van der Waals surface area (Å²) in [5, 5.41) is 3.37. The molecule has 3 rings (SSSR count). The van der Waals surface area contributed by atoms with Gasteiger partial charge in [-0.25, -0.2) is 9.97 Å². The molecule has 0 atom stereocenters. The Morgan fingerprint density at radius 1 is 1.25 bits per heavy atom. The first-order chi connectivity index (χ1) is 9.78. The van der Waals surface area contributed by atoms with Gasteiger partial charge in [0, 0.05) is 17.9 Å². The maximum Gasteiger partial charge on any atom is 0.138 e. The highest BCUT2D eigenvalue weighted by atomic mass is 15.1. The summed E-state index contributed by atoms with van der Waals surface area (Å²) in [6, 6.07) is 4.32. The van der Waals surface area contributed by atoms with E-state index >= 15 is 0 Å². The van der Waals surface area contributed by atoms with Crippen molar-refractivity contribution in [3.05, 3.63) is 41.1 Å². The van der Waals surface area contributed by atoms with Crippen molar-refractivity contribution in [1.29, 1.82) is 0 Å². The van der Waals surface area contributed by atoms with Gasteiger partial charge < -0.3 is 5.32 Å². The van der Waals surface area contributed by atoms with E-state index in [0.29, 0.717) is 0 Å². The van der Waals surface area contributed by atoms with E-state index in [9.17, 15) is 0 Å². The SMILES string of the molecule is CCNCc1cc(C)nc(-n2cnc3c2CCCC3)c1. The first-order valence-corrected chi connectivity index (χ1v) is 7.51. The van der Waals surface area contributed by atoms with E-state index in [0.717, 1.165) is 37.4 Å². The molecule has 1 aliphatic rings. The van der Waals surface area contributed by atoms with Gasteiger partial charge in [0.15, 0.2) is 0 Å². The highest BCUT2D eigenvalue weighted by molar-refractivity contribution is 5.34. The lowest BCUT2D eigenvalue weighted by molar-refractivity contribution is 0.653. The minimum absolute atomic E-state index is 0.893. The van der Waals surface area contributed by atoms with E-state index in [4.69, 9.17) is 0 Å². The monoisotopic (exact) mass is 270 g/mol. The minimum atomic E-state index is 0.893. The molecule has 1 aliphatic carbocycles. The third kappa shape index (κ3) is 2.61. The summed E-state index contributed by atoms with van der Waals surface area (Å²) < 4.78 is 2.18. The molecule has 0 fully saturated rings. The number of nitrogens with zero attached hydrogens (tertiary/aromatic N) is 3. The fourth-order valence-corrected chi connectivity index (χ4v) is 2.88. The molecule has 0 saturated carbocycles. The molecular formula is C16H22N4. The van der Waals surface area contributed by atoms with Gasteiger partial charge >= 0.3 is 0 Å². The van der Waals surface area contributed by atoms with Crippen LogP contribution in [0.4, 0.5) is 0 Å². The number of nitrogens with one attached hydrogen (secondary N) is 1. The van der Waals surface area contributed by atoms with Crippen LogP contribution < -0.4 is 5.32 Å². The normalized spacial score (nSPS) is 14.3. The van der Waals surface area contributed by atoms with Crippen molar-refractivity contribution < 1.29 is 0 Å². The van der Waals surface area contributed by atoms with Crippen molar-refractivity contribution in [2.75, 3.05) is 6.54 Å². The van der Waals surface area contributed by atoms with Gasteiger partial charge in [-0.3, -0.25) is 4.57 Å².